The van der Waals surface area contributed by atoms with Crippen molar-refractivity contribution in [2.24, 2.45) is 5.10 Å². The summed E-state index contributed by atoms with van der Waals surface area (Å²) in [5, 5.41) is 5.82. The number of hydrazone groups is 1. The highest BCUT2D eigenvalue weighted by Gasteiger charge is 2.25. The second-order valence-electron chi connectivity index (χ2n) is 3.74. The molecule has 0 N–H and O–H groups in total. The molecule has 82 valence electrons. The Bertz CT molecular complexity index is 460. The third-order valence-electron chi connectivity index (χ3n) is 2.66. The van der Waals surface area contributed by atoms with E-state index < -0.39 is 0 Å². The fourth-order valence-corrected chi connectivity index (χ4v) is 1.59. The number of carbonyl (C=O) groups excluding carboxylic acids is 1. The van der Waals surface area contributed by atoms with Crippen LogP contribution in [0.2, 0.25) is 0 Å². The quantitative estimate of drug-likeness (QED) is 0.745. The summed E-state index contributed by atoms with van der Waals surface area (Å²) in [6, 6.07) is 9.49. The Hall–Kier alpha value is -1.90. The molecule has 16 heavy (non-hydrogen) atoms. The first-order valence-corrected chi connectivity index (χ1v) is 5.31. The van der Waals surface area contributed by atoms with E-state index in [1.807, 2.05) is 50.3 Å². The van der Waals surface area contributed by atoms with Gasteiger partial charge >= 0.3 is 0 Å². The molecule has 3 heteroatoms. The van der Waals surface area contributed by atoms with E-state index in [1.54, 1.807) is 0 Å². The van der Waals surface area contributed by atoms with E-state index in [4.69, 9.17) is 0 Å². The van der Waals surface area contributed by atoms with Gasteiger partial charge in [-0.25, -0.2) is 5.01 Å². The SMILES string of the molecule is CC=C(C)C1=NN(c2ccccc2)C(=O)C1. The standard InChI is InChI=1S/C13H14N2O/c1-3-10(2)12-9-13(16)15(14-12)11-7-5-4-6-8-11/h3-8H,9H2,1-2H3. The minimum absolute atomic E-state index is 0.0300. The van der Waals surface area contributed by atoms with E-state index in [1.165, 1.54) is 5.01 Å². The first kappa shape index (κ1) is 10.6. The molecule has 0 atom stereocenters. The van der Waals surface area contributed by atoms with Crippen LogP contribution in [-0.4, -0.2) is 11.6 Å². The Morgan fingerprint density at radius 2 is 2.06 bits per heavy atom. The fourth-order valence-electron chi connectivity index (χ4n) is 1.59. The van der Waals surface area contributed by atoms with Crippen LogP contribution in [-0.2, 0) is 4.79 Å². The van der Waals surface area contributed by atoms with Gasteiger partial charge < -0.3 is 0 Å². The van der Waals surface area contributed by atoms with Crippen molar-refractivity contribution in [2.75, 3.05) is 5.01 Å². The lowest BCUT2D eigenvalue weighted by molar-refractivity contribution is -0.116. The average Bonchev–Trinajstić information content (AvgIpc) is 2.71. The van der Waals surface area contributed by atoms with Crippen LogP contribution in [0.5, 0.6) is 0 Å². The van der Waals surface area contributed by atoms with Gasteiger partial charge in [0.2, 0.25) is 0 Å². The molecule has 2 rings (SSSR count). The van der Waals surface area contributed by atoms with Crippen molar-refractivity contribution in [3.63, 3.8) is 0 Å². The summed E-state index contributed by atoms with van der Waals surface area (Å²) in [6.45, 7) is 3.92. The van der Waals surface area contributed by atoms with Crippen LogP contribution in [0.4, 0.5) is 5.69 Å². The number of anilines is 1. The van der Waals surface area contributed by atoms with Gasteiger partial charge in [-0.3, -0.25) is 4.79 Å². The lowest BCUT2D eigenvalue weighted by Gasteiger charge is -2.10. The maximum Gasteiger partial charge on any atom is 0.253 e. The Morgan fingerprint density at radius 3 is 2.69 bits per heavy atom. The molecule has 0 saturated heterocycles. The van der Waals surface area contributed by atoms with Crippen molar-refractivity contribution < 1.29 is 4.79 Å². The van der Waals surface area contributed by atoms with Gasteiger partial charge in [0.05, 0.1) is 17.8 Å². The summed E-state index contributed by atoms with van der Waals surface area (Å²) in [7, 11) is 0. The number of para-hydroxylation sites is 1. The molecule has 3 nitrogen and oxygen atoms in total. The predicted molar refractivity (Wildman–Crippen MR) is 65.4 cm³/mol. The van der Waals surface area contributed by atoms with E-state index in [-0.39, 0.29) is 5.91 Å². The van der Waals surface area contributed by atoms with Crippen LogP contribution in [0.3, 0.4) is 0 Å². The summed E-state index contributed by atoms with van der Waals surface area (Å²) in [6.07, 6.45) is 2.37. The number of rotatable bonds is 2. The second-order valence-corrected chi connectivity index (χ2v) is 3.74. The first-order chi connectivity index (χ1) is 7.72. The summed E-state index contributed by atoms with van der Waals surface area (Å²) >= 11 is 0. The number of hydrogen-bond donors (Lipinski definition) is 0. The van der Waals surface area contributed by atoms with Gasteiger partial charge in [0.15, 0.2) is 0 Å². The Labute approximate surface area is 95.1 Å². The van der Waals surface area contributed by atoms with Crippen molar-refractivity contribution in [2.45, 2.75) is 20.3 Å². The van der Waals surface area contributed by atoms with Gasteiger partial charge in [0.1, 0.15) is 0 Å². The third kappa shape index (κ3) is 1.89. The number of allylic oxidation sites excluding steroid dienone is 2. The third-order valence-corrected chi connectivity index (χ3v) is 2.66. The van der Waals surface area contributed by atoms with Crippen molar-refractivity contribution in [1.82, 2.24) is 0 Å². The van der Waals surface area contributed by atoms with Gasteiger partial charge in [-0.2, -0.15) is 5.10 Å². The Kier molecular flexibility index (Phi) is 2.86. The van der Waals surface area contributed by atoms with Gasteiger partial charge in [-0.1, -0.05) is 24.3 Å². The highest BCUT2D eigenvalue weighted by molar-refractivity contribution is 6.18. The molecule has 1 aliphatic rings. The van der Waals surface area contributed by atoms with E-state index in [0.29, 0.717) is 6.42 Å². The zero-order valence-corrected chi connectivity index (χ0v) is 9.47. The molecule has 1 aromatic rings. The second kappa shape index (κ2) is 4.31. The smallest absolute Gasteiger partial charge is 0.253 e. The minimum atomic E-state index is 0.0300. The predicted octanol–water partition coefficient (Wildman–Crippen LogP) is 2.75. The van der Waals surface area contributed by atoms with Crippen molar-refractivity contribution in [3.8, 4) is 0 Å². The monoisotopic (exact) mass is 214 g/mol. The van der Waals surface area contributed by atoms with Crippen LogP contribution in [0.25, 0.3) is 0 Å². The molecule has 0 saturated carbocycles. The van der Waals surface area contributed by atoms with Crippen molar-refractivity contribution in [1.29, 1.82) is 0 Å². The molecule has 0 fully saturated rings. The topological polar surface area (TPSA) is 32.7 Å². The molecule has 0 bridgehead atoms. The summed E-state index contributed by atoms with van der Waals surface area (Å²) in [5.74, 6) is 0.0300. The van der Waals surface area contributed by atoms with Crippen LogP contribution in [0.1, 0.15) is 20.3 Å². The molecule has 1 aliphatic heterocycles. The molecule has 0 aliphatic carbocycles. The van der Waals surface area contributed by atoms with E-state index in [0.717, 1.165) is 17.0 Å². The van der Waals surface area contributed by atoms with Crippen LogP contribution in [0.15, 0.2) is 47.1 Å². The molecule has 0 radical (unpaired) electrons. The zero-order valence-electron chi connectivity index (χ0n) is 9.47. The summed E-state index contributed by atoms with van der Waals surface area (Å²) in [4.78, 5) is 11.8. The first-order valence-electron chi connectivity index (χ1n) is 5.31. The molecule has 1 aromatic carbocycles. The number of nitrogens with zero attached hydrogens (tertiary/aromatic N) is 2. The fraction of sp³-hybridized carbons (Fsp3) is 0.231. The minimum Gasteiger partial charge on any atom is -0.272 e. The average molecular weight is 214 g/mol. The summed E-state index contributed by atoms with van der Waals surface area (Å²) < 4.78 is 0. The summed E-state index contributed by atoms with van der Waals surface area (Å²) in [5.41, 5.74) is 2.74. The molecule has 0 aromatic heterocycles. The number of carbonyl (C=O) groups is 1. The molecule has 1 amide bonds. The number of benzene rings is 1. The molecule has 1 heterocycles. The zero-order chi connectivity index (χ0) is 11.5. The maximum absolute atomic E-state index is 11.8. The number of amides is 1. The van der Waals surface area contributed by atoms with E-state index >= 15 is 0 Å². The molecule has 0 spiro atoms. The number of hydrogen-bond acceptors (Lipinski definition) is 2. The Morgan fingerprint density at radius 1 is 1.38 bits per heavy atom. The van der Waals surface area contributed by atoms with Gasteiger partial charge in [0.25, 0.3) is 5.91 Å². The normalized spacial score (nSPS) is 16.6. The van der Waals surface area contributed by atoms with Crippen molar-refractivity contribution >= 4 is 17.3 Å². The van der Waals surface area contributed by atoms with Crippen LogP contribution in [0, 0.1) is 0 Å². The lowest BCUT2D eigenvalue weighted by atomic mass is 10.1. The van der Waals surface area contributed by atoms with Gasteiger partial charge in [-0.05, 0) is 31.6 Å². The molecular formula is C13H14N2O. The van der Waals surface area contributed by atoms with Gasteiger partial charge in [-0.15, -0.1) is 0 Å². The van der Waals surface area contributed by atoms with Crippen molar-refractivity contribution in [3.05, 3.63) is 42.0 Å². The van der Waals surface area contributed by atoms with Gasteiger partial charge in [0, 0.05) is 0 Å². The van der Waals surface area contributed by atoms with Crippen LogP contribution >= 0.6 is 0 Å². The molecular weight excluding hydrogens is 200 g/mol. The molecule has 0 unspecified atom stereocenters. The van der Waals surface area contributed by atoms with E-state index in [9.17, 15) is 4.79 Å². The largest absolute Gasteiger partial charge is 0.272 e. The maximum atomic E-state index is 11.8. The highest BCUT2D eigenvalue weighted by Crippen LogP contribution is 2.21. The Balaban J connectivity index is 2.31. The van der Waals surface area contributed by atoms with E-state index in [2.05, 4.69) is 5.10 Å². The highest BCUT2D eigenvalue weighted by atomic mass is 16.2. The lowest BCUT2D eigenvalue weighted by Crippen LogP contribution is -2.19. The van der Waals surface area contributed by atoms with Crippen LogP contribution < -0.4 is 5.01 Å².